The molecular weight excluding hydrogens is 196 g/mol. The summed E-state index contributed by atoms with van der Waals surface area (Å²) in [6.07, 6.45) is 0. The van der Waals surface area contributed by atoms with Crippen LogP contribution >= 0.6 is 11.3 Å². The lowest BCUT2D eigenvalue weighted by atomic mass is 10.2. The SMILES string of the molecule is CC(=O)Nc1c(N)sc2ccccc12. The molecule has 1 heterocycles. The average molecular weight is 206 g/mol. The van der Waals surface area contributed by atoms with E-state index >= 15 is 0 Å². The van der Waals surface area contributed by atoms with Gasteiger partial charge in [-0.05, 0) is 6.07 Å². The normalized spacial score (nSPS) is 10.4. The molecule has 0 saturated carbocycles. The molecule has 14 heavy (non-hydrogen) atoms. The standard InChI is InChI=1S/C10H10N2OS/c1-6(13)12-9-7-4-2-3-5-8(7)14-10(9)11/h2-5H,11H2,1H3,(H,12,13). The lowest BCUT2D eigenvalue weighted by Crippen LogP contribution is -2.06. The number of amides is 1. The second kappa shape index (κ2) is 3.31. The summed E-state index contributed by atoms with van der Waals surface area (Å²) in [6.45, 7) is 1.48. The summed E-state index contributed by atoms with van der Waals surface area (Å²) in [5.41, 5.74) is 6.54. The van der Waals surface area contributed by atoms with E-state index < -0.39 is 0 Å². The van der Waals surface area contributed by atoms with E-state index in [1.807, 2.05) is 24.3 Å². The van der Waals surface area contributed by atoms with Crippen molar-refractivity contribution in [3.05, 3.63) is 24.3 Å². The quantitative estimate of drug-likeness (QED) is 0.753. The highest BCUT2D eigenvalue weighted by Crippen LogP contribution is 2.37. The molecule has 0 unspecified atom stereocenters. The monoisotopic (exact) mass is 206 g/mol. The predicted molar refractivity (Wildman–Crippen MR) is 60.5 cm³/mol. The van der Waals surface area contributed by atoms with Crippen molar-refractivity contribution in [2.75, 3.05) is 11.1 Å². The molecule has 3 N–H and O–H groups in total. The van der Waals surface area contributed by atoms with Gasteiger partial charge in [0.15, 0.2) is 0 Å². The van der Waals surface area contributed by atoms with Gasteiger partial charge in [-0.25, -0.2) is 0 Å². The fourth-order valence-electron chi connectivity index (χ4n) is 1.37. The number of nitrogen functional groups attached to an aromatic ring is 1. The van der Waals surface area contributed by atoms with Gasteiger partial charge in [-0.1, -0.05) is 18.2 Å². The Labute approximate surface area is 85.5 Å². The van der Waals surface area contributed by atoms with Crippen LogP contribution in [0.25, 0.3) is 10.1 Å². The minimum absolute atomic E-state index is 0.0970. The van der Waals surface area contributed by atoms with Gasteiger partial charge in [-0.2, -0.15) is 0 Å². The first-order chi connectivity index (χ1) is 6.68. The Morgan fingerprint density at radius 2 is 2.14 bits per heavy atom. The van der Waals surface area contributed by atoms with Crippen LogP contribution in [0.2, 0.25) is 0 Å². The molecule has 4 heteroatoms. The predicted octanol–water partition coefficient (Wildman–Crippen LogP) is 2.44. The van der Waals surface area contributed by atoms with Crippen LogP contribution in [0.15, 0.2) is 24.3 Å². The maximum Gasteiger partial charge on any atom is 0.221 e. The Balaban J connectivity index is 2.62. The number of benzene rings is 1. The number of anilines is 2. The smallest absolute Gasteiger partial charge is 0.221 e. The molecule has 72 valence electrons. The number of hydrogen-bond acceptors (Lipinski definition) is 3. The van der Waals surface area contributed by atoms with E-state index in [1.54, 1.807) is 0 Å². The topological polar surface area (TPSA) is 55.1 Å². The Kier molecular flexibility index (Phi) is 2.13. The molecule has 1 aromatic carbocycles. The molecule has 0 aliphatic carbocycles. The van der Waals surface area contributed by atoms with E-state index in [2.05, 4.69) is 5.32 Å². The molecular formula is C10H10N2OS. The highest BCUT2D eigenvalue weighted by atomic mass is 32.1. The lowest BCUT2D eigenvalue weighted by Gasteiger charge is -2.00. The largest absolute Gasteiger partial charge is 0.389 e. The van der Waals surface area contributed by atoms with Crippen molar-refractivity contribution in [1.82, 2.24) is 0 Å². The second-order valence-electron chi connectivity index (χ2n) is 3.02. The van der Waals surface area contributed by atoms with Crippen molar-refractivity contribution in [1.29, 1.82) is 0 Å². The van der Waals surface area contributed by atoms with Crippen molar-refractivity contribution in [3.63, 3.8) is 0 Å². The summed E-state index contributed by atoms with van der Waals surface area (Å²) < 4.78 is 1.09. The highest BCUT2D eigenvalue weighted by molar-refractivity contribution is 7.23. The molecule has 0 bridgehead atoms. The van der Waals surface area contributed by atoms with Crippen LogP contribution in [0.4, 0.5) is 10.7 Å². The highest BCUT2D eigenvalue weighted by Gasteiger charge is 2.09. The third kappa shape index (κ3) is 1.44. The number of nitrogens with one attached hydrogen (secondary N) is 1. The Morgan fingerprint density at radius 1 is 1.43 bits per heavy atom. The maximum atomic E-state index is 10.9. The van der Waals surface area contributed by atoms with Gasteiger partial charge in [0.1, 0.15) is 5.00 Å². The lowest BCUT2D eigenvalue weighted by molar-refractivity contribution is -0.114. The van der Waals surface area contributed by atoms with Gasteiger partial charge < -0.3 is 11.1 Å². The van der Waals surface area contributed by atoms with Crippen molar-refractivity contribution >= 4 is 38.0 Å². The molecule has 0 spiro atoms. The summed E-state index contributed by atoms with van der Waals surface area (Å²) in [4.78, 5) is 10.9. The van der Waals surface area contributed by atoms with Gasteiger partial charge in [0.25, 0.3) is 0 Å². The molecule has 2 rings (SSSR count). The second-order valence-corrected chi connectivity index (χ2v) is 4.10. The Bertz CT molecular complexity index is 490. The zero-order valence-corrected chi connectivity index (χ0v) is 8.52. The Hall–Kier alpha value is -1.55. The summed E-state index contributed by atoms with van der Waals surface area (Å²) >= 11 is 1.48. The first kappa shape index (κ1) is 9.02. The molecule has 1 amide bonds. The number of carbonyl (C=O) groups excluding carboxylic acids is 1. The molecule has 0 aliphatic heterocycles. The summed E-state index contributed by atoms with van der Waals surface area (Å²) in [5, 5.41) is 4.40. The van der Waals surface area contributed by atoms with Crippen molar-refractivity contribution in [2.45, 2.75) is 6.92 Å². The van der Waals surface area contributed by atoms with Gasteiger partial charge in [0.05, 0.1) is 5.69 Å². The first-order valence-corrected chi connectivity index (χ1v) is 5.04. The van der Waals surface area contributed by atoms with Crippen molar-refractivity contribution < 1.29 is 4.79 Å². The van der Waals surface area contributed by atoms with Gasteiger partial charge in [0, 0.05) is 17.0 Å². The van der Waals surface area contributed by atoms with E-state index in [0.29, 0.717) is 5.00 Å². The minimum Gasteiger partial charge on any atom is -0.389 e. The Morgan fingerprint density at radius 3 is 2.86 bits per heavy atom. The van der Waals surface area contributed by atoms with Gasteiger partial charge in [-0.15, -0.1) is 11.3 Å². The van der Waals surface area contributed by atoms with Crippen LogP contribution in [0.1, 0.15) is 6.92 Å². The summed E-state index contributed by atoms with van der Waals surface area (Å²) in [7, 11) is 0. The van der Waals surface area contributed by atoms with Gasteiger partial charge in [0.2, 0.25) is 5.91 Å². The molecule has 0 radical (unpaired) electrons. The van der Waals surface area contributed by atoms with Crippen molar-refractivity contribution in [2.24, 2.45) is 0 Å². The summed E-state index contributed by atoms with van der Waals surface area (Å²) in [6, 6.07) is 7.82. The van der Waals surface area contributed by atoms with Gasteiger partial charge in [-0.3, -0.25) is 4.79 Å². The van der Waals surface area contributed by atoms with E-state index in [9.17, 15) is 4.79 Å². The van der Waals surface area contributed by atoms with Crippen LogP contribution in [0.5, 0.6) is 0 Å². The third-order valence-electron chi connectivity index (χ3n) is 1.92. The van der Waals surface area contributed by atoms with E-state index in [-0.39, 0.29) is 5.91 Å². The number of thiophene rings is 1. The van der Waals surface area contributed by atoms with Crippen LogP contribution in [0.3, 0.4) is 0 Å². The minimum atomic E-state index is -0.0970. The number of carbonyl (C=O) groups is 1. The van der Waals surface area contributed by atoms with Crippen LogP contribution in [-0.2, 0) is 4.79 Å². The molecule has 0 fully saturated rings. The number of nitrogens with two attached hydrogens (primary N) is 1. The van der Waals surface area contributed by atoms with E-state index in [0.717, 1.165) is 15.8 Å². The zero-order chi connectivity index (χ0) is 10.1. The van der Waals surface area contributed by atoms with Crippen LogP contribution < -0.4 is 11.1 Å². The zero-order valence-electron chi connectivity index (χ0n) is 7.70. The maximum absolute atomic E-state index is 10.9. The van der Waals surface area contributed by atoms with Crippen molar-refractivity contribution in [3.8, 4) is 0 Å². The molecule has 3 nitrogen and oxygen atoms in total. The molecule has 0 aliphatic rings. The summed E-state index contributed by atoms with van der Waals surface area (Å²) in [5.74, 6) is -0.0970. The number of fused-ring (bicyclic) bond motifs is 1. The average Bonchev–Trinajstić information content (AvgIpc) is 2.43. The van der Waals surface area contributed by atoms with Crippen LogP contribution in [0, 0.1) is 0 Å². The number of hydrogen-bond donors (Lipinski definition) is 2. The fraction of sp³-hybridized carbons (Fsp3) is 0.100. The molecule has 2 aromatic rings. The molecule has 0 atom stereocenters. The molecule has 1 aromatic heterocycles. The third-order valence-corrected chi connectivity index (χ3v) is 2.92. The molecule has 0 saturated heterocycles. The fourth-order valence-corrected chi connectivity index (χ4v) is 2.30. The first-order valence-electron chi connectivity index (χ1n) is 4.23. The van der Waals surface area contributed by atoms with E-state index in [4.69, 9.17) is 5.73 Å². The van der Waals surface area contributed by atoms with Crippen LogP contribution in [-0.4, -0.2) is 5.91 Å². The van der Waals surface area contributed by atoms with E-state index in [1.165, 1.54) is 18.3 Å². The number of rotatable bonds is 1. The van der Waals surface area contributed by atoms with Gasteiger partial charge >= 0.3 is 0 Å².